The van der Waals surface area contributed by atoms with E-state index in [1.807, 2.05) is 0 Å². The third kappa shape index (κ3) is 4.43. The zero-order chi connectivity index (χ0) is 41.6. The first kappa shape index (κ1) is 34.2. The summed E-state index contributed by atoms with van der Waals surface area (Å²) in [6.45, 7) is -0.184. The number of aromatic nitrogens is 1. The van der Waals surface area contributed by atoms with E-state index in [0.717, 1.165) is 83.6 Å². The molecule has 0 saturated carbocycles. The first-order valence-corrected chi connectivity index (χ1v) is 22.0. The van der Waals surface area contributed by atoms with Crippen LogP contribution in [0.1, 0.15) is 0 Å². The van der Waals surface area contributed by atoms with Crippen LogP contribution in [0.5, 0.6) is 0 Å². The van der Waals surface area contributed by atoms with E-state index < -0.39 is 0 Å². The Balaban J connectivity index is 1.13. The van der Waals surface area contributed by atoms with Gasteiger partial charge in [-0.05, 0) is 88.4 Å². The average Bonchev–Trinajstić information content (AvgIpc) is 4.04. The molecule has 2 aliphatic heterocycles. The number of anilines is 6. The summed E-state index contributed by atoms with van der Waals surface area (Å²) in [7, 11) is 0. The van der Waals surface area contributed by atoms with Crippen molar-refractivity contribution in [1.29, 1.82) is 0 Å². The van der Waals surface area contributed by atoms with E-state index in [0.29, 0.717) is 0 Å². The second kappa shape index (κ2) is 12.6. The van der Waals surface area contributed by atoms with Crippen LogP contribution >= 0.6 is 0 Å². The van der Waals surface area contributed by atoms with Crippen LogP contribution in [0, 0.1) is 0 Å². The van der Waals surface area contributed by atoms with Crippen molar-refractivity contribution >= 4 is 128 Å². The molecule has 15 rings (SSSR count). The lowest BCUT2D eigenvalue weighted by Crippen LogP contribution is -2.56. The minimum atomic E-state index is -0.184. The zero-order valence-electron chi connectivity index (χ0n) is 34.4. The quantitative estimate of drug-likeness (QED) is 0.166. The monoisotopic (exact) mass is 815 g/mol. The van der Waals surface area contributed by atoms with E-state index in [4.69, 9.17) is 8.83 Å². The van der Waals surface area contributed by atoms with Gasteiger partial charge in [-0.3, -0.25) is 0 Å². The normalized spacial score (nSPS) is 12.9. The van der Waals surface area contributed by atoms with Crippen molar-refractivity contribution < 1.29 is 8.83 Å². The number of rotatable bonds is 4. The highest BCUT2D eigenvalue weighted by Crippen LogP contribution is 2.52. The van der Waals surface area contributed by atoms with Gasteiger partial charge in [0.25, 0.3) is 0 Å². The topological polar surface area (TPSA) is 37.7 Å². The van der Waals surface area contributed by atoms with Crippen molar-refractivity contribution in [3.63, 3.8) is 0 Å². The molecule has 5 nitrogen and oxygen atoms in total. The Labute approximate surface area is 367 Å². The minimum absolute atomic E-state index is 0.184. The van der Waals surface area contributed by atoms with Crippen LogP contribution < -0.4 is 20.7 Å². The molecule has 0 unspecified atom stereocenters. The molecular weight excluding hydrogens is 781 g/mol. The van der Waals surface area contributed by atoms with Crippen molar-refractivity contribution in [1.82, 2.24) is 4.48 Å². The van der Waals surface area contributed by atoms with Crippen molar-refractivity contribution in [2.75, 3.05) is 9.80 Å². The summed E-state index contributed by atoms with van der Waals surface area (Å²) in [6.07, 6.45) is 0. The SMILES string of the molecule is c1ccc(N(c2ccccc2)c2ccc3c(c2)N(c2cccc4c2oc2ccccc24)c2cc4c(oc5ccccc54)c4c2B3n2c3ccc5ccccc5c3c3cccc-4c32)cc1. The van der Waals surface area contributed by atoms with Crippen LogP contribution in [0.3, 0.4) is 0 Å². The lowest BCUT2D eigenvalue weighted by atomic mass is 9.45. The first-order valence-electron chi connectivity index (χ1n) is 22.0. The molecule has 0 aliphatic carbocycles. The Morgan fingerprint density at radius 2 is 1.06 bits per heavy atom. The fraction of sp³-hybridized carbons (Fsp3) is 0. The summed E-state index contributed by atoms with van der Waals surface area (Å²) in [5, 5.41) is 9.38. The van der Waals surface area contributed by atoms with E-state index in [-0.39, 0.29) is 6.85 Å². The highest BCUT2D eigenvalue weighted by atomic mass is 16.3. The molecule has 0 fully saturated rings. The number of para-hydroxylation sites is 6. The van der Waals surface area contributed by atoms with Crippen molar-refractivity contribution in [3.05, 3.63) is 206 Å². The fourth-order valence-electron chi connectivity index (χ4n) is 11.3. The Hall–Kier alpha value is -8.48. The highest BCUT2D eigenvalue weighted by molar-refractivity contribution is 6.90. The summed E-state index contributed by atoms with van der Waals surface area (Å²) in [5.74, 6) is 0. The predicted molar refractivity (Wildman–Crippen MR) is 267 cm³/mol. The van der Waals surface area contributed by atoms with Crippen LogP contribution in [-0.2, 0) is 0 Å². The smallest absolute Gasteiger partial charge is 0.333 e. The number of benzene rings is 10. The maximum Gasteiger partial charge on any atom is 0.333 e. The Morgan fingerprint density at radius 1 is 0.422 bits per heavy atom. The molecule has 0 atom stereocenters. The van der Waals surface area contributed by atoms with Gasteiger partial charge >= 0.3 is 6.85 Å². The maximum absolute atomic E-state index is 7.05. The molecule has 0 bridgehead atoms. The molecule has 0 spiro atoms. The molecule has 6 heteroatoms. The molecule has 296 valence electrons. The molecule has 10 aromatic carbocycles. The molecule has 0 saturated heterocycles. The van der Waals surface area contributed by atoms with Crippen molar-refractivity contribution in [2.24, 2.45) is 0 Å². The van der Waals surface area contributed by atoms with Crippen LogP contribution in [0.4, 0.5) is 34.1 Å². The van der Waals surface area contributed by atoms with Gasteiger partial charge in [0.15, 0.2) is 5.58 Å². The molecule has 2 aliphatic rings. The van der Waals surface area contributed by atoms with Gasteiger partial charge in [-0.1, -0.05) is 140 Å². The van der Waals surface area contributed by atoms with Gasteiger partial charge in [-0.2, -0.15) is 0 Å². The Kier molecular flexibility index (Phi) is 6.70. The largest absolute Gasteiger partial charge is 0.455 e. The van der Waals surface area contributed by atoms with Gasteiger partial charge in [-0.15, -0.1) is 0 Å². The lowest BCUT2D eigenvalue weighted by Gasteiger charge is -2.41. The predicted octanol–water partition coefficient (Wildman–Crippen LogP) is 14.6. The Morgan fingerprint density at radius 3 is 1.84 bits per heavy atom. The summed E-state index contributed by atoms with van der Waals surface area (Å²) in [4.78, 5) is 4.85. The molecule has 0 radical (unpaired) electrons. The molecule has 5 heterocycles. The van der Waals surface area contributed by atoms with E-state index in [2.05, 4.69) is 221 Å². The van der Waals surface area contributed by atoms with E-state index in [9.17, 15) is 0 Å². The van der Waals surface area contributed by atoms with Crippen LogP contribution in [0.25, 0.3) is 87.6 Å². The third-order valence-electron chi connectivity index (χ3n) is 13.9. The number of nitrogens with zero attached hydrogens (tertiary/aromatic N) is 3. The van der Waals surface area contributed by atoms with Crippen LogP contribution in [0.15, 0.2) is 215 Å². The summed E-state index contributed by atoms with van der Waals surface area (Å²) in [6, 6.07) is 74.6. The molecule has 0 amide bonds. The highest BCUT2D eigenvalue weighted by Gasteiger charge is 2.45. The van der Waals surface area contributed by atoms with Gasteiger partial charge in [-0.25, -0.2) is 0 Å². The number of hydrogen-bond acceptors (Lipinski definition) is 4. The summed E-state index contributed by atoms with van der Waals surface area (Å²) in [5.41, 5.74) is 17.1. The van der Waals surface area contributed by atoms with Gasteiger partial charge in [0.05, 0.1) is 5.69 Å². The Bertz CT molecular complexity index is 4070. The summed E-state index contributed by atoms with van der Waals surface area (Å²) >= 11 is 0. The molecule has 0 N–H and O–H groups in total. The maximum atomic E-state index is 7.05. The standard InChI is InChI=1S/C58H34BN3O2/c1-3-16-36(17-4-1)60(37-18-5-2-6-19-37)38-30-31-46-49(33-38)61(48-26-14-23-42-40-21-9-11-27-51(40)63-57(42)48)50-34-45-41-22-10-12-28-52(41)64-58(45)54-44-25-13-24-43-53-39-20-8-7-15-35(39)29-32-47(53)62(56(43)44)59(46)55(50)54/h1-34H. The second-order valence-electron chi connectivity index (χ2n) is 17.2. The molecule has 64 heavy (non-hydrogen) atoms. The number of hydrogen-bond donors (Lipinski definition) is 0. The van der Waals surface area contributed by atoms with Crippen LogP contribution in [-0.4, -0.2) is 11.3 Å². The fourth-order valence-corrected chi connectivity index (χ4v) is 11.3. The minimum Gasteiger partial charge on any atom is -0.455 e. The number of fused-ring (bicyclic) bond motifs is 16. The van der Waals surface area contributed by atoms with E-state index >= 15 is 0 Å². The van der Waals surface area contributed by atoms with E-state index in [1.54, 1.807) is 0 Å². The van der Waals surface area contributed by atoms with Gasteiger partial charge < -0.3 is 23.1 Å². The van der Waals surface area contributed by atoms with Crippen molar-refractivity contribution in [2.45, 2.75) is 0 Å². The van der Waals surface area contributed by atoms with Gasteiger partial charge in [0, 0.05) is 82.9 Å². The number of furan rings is 2. The lowest BCUT2D eigenvalue weighted by molar-refractivity contribution is 0.669. The summed E-state index contributed by atoms with van der Waals surface area (Å²) < 4.78 is 16.6. The van der Waals surface area contributed by atoms with E-state index in [1.165, 1.54) is 49.1 Å². The van der Waals surface area contributed by atoms with Crippen molar-refractivity contribution in [3.8, 4) is 11.1 Å². The average molecular weight is 816 g/mol. The molecular formula is C58H34BN3O2. The second-order valence-corrected chi connectivity index (χ2v) is 17.2. The molecule has 13 aromatic rings. The van der Waals surface area contributed by atoms with Crippen LogP contribution in [0.2, 0.25) is 0 Å². The molecule has 3 aromatic heterocycles. The van der Waals surface area contributed by atoms with Gasteiger partial charge in [0.1, 0.15) is 16.7 Å². The first-order chi connectivity index (χ1) is 31.8. The third-order valence-corrected chi connectivity index (χ3v) is 13.9. The van der Waals surface area contributed by atoms with Gasteiger partial charge in [0.2, 0.25) is 0 Å². The zero-order valence-corrected chi connectivity index (χ0v) is 34.4.